The summed E-state index contributed by atoms with van der Waals surface area (Å²) in [5.74, 6) is 1.18. The van der Waals surface area contributed by atoms with Gasteiger partial charge in [-0.1, -0.05) is 12.1 Å². The Morgan fingerprint density at radius 2 is 2.04 bits per heavy atom. The summed E-state index contributed by atoms with van der Waals surface area (Å²) in [4.78, 5) is 16.9. The normalized spacial score (nSPS) is 17.6. The fraction of sp³-hybridized carbons (Fsp3) is 0.389. The minimum Gasteiger partial charge on any atom is -0.493 e. The van der Waals surface area contributed by atoms with Crippen LogP contribution in [0.15, 0.2) is 33.4 Å². The zero-order chi connectivity index (χ0) is 16.5. The van der Waals surface area contributed by atoms with Crippen molar-refractivity contribution in [1.82, 2.24) is 9.80 Å². The summed E-state index contributed by atoms with van der Waals surface area (Å²) in [5, 5.41) is 1.92. The molecule has 0 spiro atoms. The number of benzene rings is 1. The third-order valence-corrected chi connectivity index (χ3v) is 6.14. The number of rotatable bonds is 3. The number of amides is 1. The van der Waals surface area contributed by atoms with Gasteiger partial charge in [0.05, 0.1) is 16.0 Å². The third kappa shape index (κ3) is 3.36. The molecule has 1 aromatic heterocycles. The Labute approximate surface area is 154 Å². The van der Waals surface area contributed by atoms with Crippen LogP contribution in [-0.2, 0) is 13.0 Å². The van der Waals surface area contributed by atoms with Crippen LogP contribution in [0.1, 0.15) is 21.5 Å². The van der Waals surface area contributed by atoms with Gasteiger partial charge in [-0.25, -0.2) is 0 Å². The summed E-state index contributed by atoms with van der Waals surface area (Å²) >= 11 is 4.98. The second-order valence-electron chi connectivity index (χ2n) is 6.25. The molecule has 6 heteroatoms. The van der Waals surface area contributed by atoms with Crippen LogP contribution >= 0.6 is 27.3 Å². The van der Waals surface area contributed by atoms with Crippen LogP contribution in [0, 0.1) is 0 Å². The minimum atomic E-state index is 0.145. The highest BCUT2D eigenvalue weighted by Gasteiger charge is 2.23. The molecule has 0 saturated carbocycles. The fourth-order valence-corrected chi connectivity index (χ4v) is 4.44. The van der Waals surface area contributed by atoms with Crippen molar-refractivity contribution in [1.29, 1.82) is 0 Å². The minimum absolute atomic E-state index is 0.145. The van der Waals surface area contributed by atoms with Gasteiger partial charge < -0.3 is 9.64 Å². The van der Waals surface area contributed by atoms with E-state index in [2.05, 4.69) is 39.0 Å². The van der Waals surface area contributed by atoms with Crippen LogP contribution in [0.2, 0.25) is 0 Å². The zero-order valence-electron chi connectivity index (χ0n) is 13.3. The molecule has 0 aliphatic carbocycles. The van der Waals surface area contributed by atoms with E-state index in [-0.39, 0.29) is 5.91 Å². The predicted molar refractivity (Wildman–Crippen MR) is 98.8 cm³/mol. The lowest BCUT2D eigenvalue weighted by molar-refractivity contribution is 0.0629. The molecule has 3 heterocycles. The van der Waals surface area contributed by atoms with E-state index in [1.54, 1.807) is 11.3 Å². The van der Waals surface area contributed by atoms with Gasteiger partial charge >= 0.3 is 0 Å². The van der Waals surface area contributed by atoms with Crippen LogP contribution in [0.4, 0.5) is 0 Å². The van der Waals surface area contributed by atoms with Crippen LogP contribution in [0.5, 0.6) is 5.75 Å². The number of hydrogen-bond acceptors (Lipinski definition) is 4. The molecule has 2 aliphatic rings. The van der Waals surface area contributed by atoms with Gasteiger partial charge in [0.15, 0.2) is 0 Å². The smallest absolute Gasteiger partial charge is 0.254 e. The molecule has 1 aromatic carbocycles. The first-order valence-corrected chi connectivity index (χ1v) is 9.86. The Bertz CT molecular complexity index is 753. The monoisotopic (exact) mass is 406 g/mol. The highest BCUT2D eigenvalue weighted by Crippen LogP contribution is 2.26. The van der Waals surface area contributed by atoms with E-state index in [4.69, 9.17) is 4.74 Å². The molecule has 0 radical (unpaired) electrons. The predicted octanol–water partition coefficient (Wildman–Crippen LogP) is 3.40. The number of nitrogens with zero attached hydrogens (tertiary/aromatic N) is 2. The maximum absolute atomic E-state index is 12.5. The van der Waals surface area contributed by atoms with Crippen LogP contribution in [0.3, 0.4) is 0 Å². The van der Waals surface area contributed by atoms with E-state index in [0.717, 1.165) is 60.9 Å². The number of thiophene rings is 1. The van der Waals surface area contributed by atoms with Gasteiger partial charge in [0.2, 0.25) is 0 Å². The lowest BCUT2D eigenvalue weighted by Crippen LogP contribution is -2.48. The quantitative estimate of drug-likeness (QED) is 0.782. The van der Waals surface area contributed by atoms with Crippen molar-refractivity contribution in [2.45, 2.75) is 13.0 Å². The molecule has 126 valence electrons. The van der Waals surface area contributed by atoms with Crippen molar-refractivity contribution in [2.24, 2.45) is 0 Å². The molecular formula is C18H19BrN2O2S. The summed E-state index contributed by atoms with van der Waals surface area (Å²) in [6.45, 7) is 5.17. The van der Waals surface area contributed by atoms with Crippen molar-refractivity contribution < 1.29 is 9.53 Å². The number of piperazine rings is 1. The highest BCUT2D eigenvalue weighted by molar-refractivity contribution is 9.11. The summed E-state index contributed by atoms with van der Waals surface area (Å²) in [7, 11) is 0. The zero-order valence-corrected chi connectivity index (χ0v) is 15.7. The average molecular weight is 407 g/mol. The molecule has 0 unspecified atom stereocenters. The molecule has 0 bridgehead atoms. The fourth-order valence-electron chi connectivity index (χ4n) is 3.31. The summed E-state index contributed by atoms with van der Waals surface area (Å²) in [6, 6.07) is 8.42. The van der Waals surface area contributed by atoms with E-state index in [1.807, 2.05) is 16.3 Å². The van der Waals surface area contributed by atoms with Crippen molar-refractivity contribution in [3.05, 3.63) is 50.1 Å². The van der Waals surface area contributed by atoms with Crippen molar-refractivity contribution in [2.75, 3.05) is 32.8 Å². The second kappa shape index (κ2) is 6.86. The molecule has 2 aromatic rings. The van der Waals surface area contributed by atoms with Gasteiger partial charge in [0.1, 0.15) is 5.75 Å². The van der Waals surface area contributed by atoms with Crippen LogP contribution in [-0.4, -0.2) is 48.5 Å². The van der Waals surface area contributed by atoms with Gasteiger partial charge in [-0.15, -0.1) is 11.3 Å². The number of halogens is 1. The molecule has 0 N–H and O–H groups in total. The average Bonchev–Trinajstić information content (AvgIpc) is 3.23. The lowest BCUT2D eigenvalue weighted by Gasteiger charge is -2.34. The molecule has 1 fully saturated rings. The molecule has 2 aliphatic heterocycles. The largest absolute Gasteiger partial charge is 0.493 e. The van der Waals surface area contributed by atoms with Crippen LogP contribution < -0.4 is 4.74 Å². The Morgan fingerprint density at radius 3 is 2.79 bits per heavy atom. The number of carbonyl (C=O) groups excluding carboxylic acids is 1. The highest BCUT2D eigenvalue weighted by atomic mass is 79.9. The van der Waals surface area contributed by atoms with Gasteiger partial charge in [-0.3, -0.25) is 9.69 Å². The SMILES string of the molecule is O=C(c1csc(Br)c1)N1CCN(Cc2ccc3c(c2)CCO3)CC1. The number of carbonyl (C=O) groups is 1. The summed E-state index contributed by atoms with van der Waals surface area (Å²) in [6.07, 6.45) is 1.02. The summed E-state index contributed by atoms with van der Waals surface area (Å²) in [5.41, 5.74) is 3.45. The van der Waals surface area contributed by atoms with Crippen LogP contribution in [0.25, 0.3) is 0 Å². The Balaban J connectivity index is 1.34. The van der Waals surface area contributed by atoms with E-state index in [9.17, 15) is 4.79 Å². The molecule has 4 nitrogen and oxygen atoms in total. The van der Waals surface area contributed by atoms with Gasteiger partial charge in [-0.05, 0) is 39.2 Å². The topological polar surface area (TPSA) is 32.8 Å². The molecule has 1 amide bonds. The molecule has 1 saturated heterocycles. The molecular weight excluding hydrogens is 388 g/mol. The Hall–Kier alpha value is -1.37. The molecule has 4 rings (SSSR count). The van der Waals surface area contributed by atoms with Crippen molar-refractivity contribution in [3.8, 4) is 5.75 Å². The van der Waals surface area contributed by atoms with E-state index < -0.39 is 0 Å². The maximum atomic E-state index is 12.5. The van der Waals surface area contributed by atoms with Gasteiger partial charge in [-0.2, -0.15) is 0 Å². The van der Waals surface area contributed by atoms with E-state index in [1.165, 1.54) is 11.1 Å². The summed E-state index contributed by atoms with van der Waals surface area (Å²) < 4.78 is 6.57. The molecule has 0 atom stereocenters. The first-order valence-electron chi connectivity index (χ1n) is 8.19. The van der Waals surface area contributed by atoms with Crippen molar-refractivity contribution in [3.63, 3.8) is 0 Å². The van der Waals surface area contributed by atoms with Crippen molar-refractivity contribution >= 4 is 33.2 Å². The number of fused-ring (bicyclic) bond motifs is 1. The van der Waals surface area contributed by atoms with E-state index in [0.29, 0.717) is 0 Å². The first-order chi connectivity index (χ1) is 11.7. The Kier molecular flexibility index (Phi) is 4.61. The first kappa shape index (κ1) is 16.1. The molecule has 24 heavy (non-hydrogen) atoms. The maximum Gasteiger partial charge on any atom is 0.254 e. The standard InChI is InChI=1S/C18H19BrN2O2S/c19-17-10-15(12-24-17)18(22)21-6-4-20(5-7-21)11-13-1-2-16-14(9-13)3-8-23-16/h1-2,9-10,12H,3-8,11H2. The third-order valence-electron chi connectivity index (χ3n) is 4.63. The second-order valence-corrected chi connectivity index (χ2v) is 8.54. The van der Waals surface area contributed by atoms with Gasteiger partial charge in [0, 0.05) is 44.5 Å². The van der Waals surface area contributed by atoms with E-state index >= 15 is 0 Å². The lowest BCUT2D eigenvalue weighted by atomic mass is 10.1. The Morgan fingerprint density at radius 1 is 1.21 bits per heavy atom. The number of hydrogen-bond donors (Lipinski definition) is 0. The van der Waals surface area contributed by atoms with Gasteiger partial charge in [0.25, 0.3) is 5.91 Å². The number of ether oxygens (including phenoxy) is 1.